The Morgan fingerprint density at radius 3 is 2.35 bits per heavy atom. The summed E-state index contributed by atoms with van der Waals surface area (Å²) in [5.74, 6) is 2.08. The van der Waals surface area contributed by atoms with Crippen molar-refractivity contribution >= 4 is 0 Å². The van der Waals surface area contributed by atoms with Crippen molar-refractivity contribution in [2.24, 2.45) is 5.92 Å². The van der Waals surface area contributed by atoms with Gasteiger partial charge in [-0.15, -0.1) is 6.58 Å². The van der Waals surface area contributed by atoms with E-state index in [4.69, 9.17) is 4.74 Å². The fourth-order valence-electron chi connectivity index (χ4n) is 2.21. The summed E-state index contributed by atoms with van der Waals surface area (Å²) in [5, 5.41) is 0. The monoisotopic (exact) mass is 274 g/mol. The lowest BCUT2D eigenvalue weighted by atomic mass is 9.83. The van der Waals surface area contributed by atoms with Crippen molar-refractivity contribution in [3.8, 4) is 5.75 Å². The highest BCUT2D eigenvalue weighted by atomic mass is 16.5. The van der Waals surface area contributed by atoms with Crippen LogP contribution in [0.15, 0.2) is 30.9 Å². The summed E-state index contributed by atoms with van der Waals surface area (Å²) in [6.45, 7) is 17.9. The molecule has 0 saturated heterocycles. The fraction of sp³-hybridized carbons (Fsp3) is 0.579. The van der Waals surface area contributed by atoms with Crippen molar-refractivity contribution in [1.29, 1.82) is 0 Å². The molecule has 0 fully saturated rings. The molecule has 0 N–H and O–H groups in total. The highest BCUT2D eigenvalue weighted by molar-refractivity contribution is 5.42. The Kier molecular flexibility index (Phi) is 5.86. The second kappa shape index (κ2) is 6.97. The lowest BCUT2D eigenvalue weighted by molar-refractivity contribution is 0.265. The number of benzene rings is 1. The van der Waals surface area contributed by atoms with Crippen LogP contribution in [0.5, 0.6) is 5.75 Å². The number of rotatable bonds is 6. The third-order valence-electron chi connectivity index (χ3n) is 3.47. The second-order valence-electron chi connectivity index (χ2n) is 7.14. The minimum absolute atomic E-state index is 0.0935. The van der Waals surface area contributed by atoms with E-state index in [9.17, 15) is 0 Å². The lowest BCUT2D eigenvalue weighted by Crippen LogP contribution is -2.16. The lowest BCUT2D eigenvalue weighted by Gasteiger charge is -2.25. The van der Waals surface area contributed by atoms with E-state index in [0.717, 1.165) is 18.8 Å². The Balaban J connectivity index is 3.10. The molecule has 0 saturated carbocycles. The predicted molar refractivity (Wildman–Crippen MR) is 88.7 cm³/mol. The molecule has 1 rings (SSSR count). The molecule has 0 aliphatic heterocycles. The molecule has 1 aromatic carbocycles. The minimum Gasteiger partial charge on any atom is -0.493 e. The zero-order chi connectivity index (χ0) is 15.3. The van der Waals surface area contributed by atoms with Crippen molar-refractivity contribution in [3.63, 3.8) is 0 Å². The maximum absolute atomic E-state index is 6.00. The molecule has 0 bridgehead atoms. The molecule has 0 radical (unpaired) electrons. The van der Waals surface area contributed by atoms with Crippen LogP contribution in [0.2, 0.25) is 0 Å². The second-order valence-corrected chi connectivity index (χ2v) is 7.14. The molecular formula is C19H30O. The molecule has 0 amide bonds. The Bertz CT molecular complexity index is 438. The van der Waals surface area contributed by atoms with E-state index in [1.54, 1.807) is 0 Å². The highest BCUT2D eigenvalue weighted by Crippen LogP contribution is 2.34. The zero-order valence-corrected chi connectivity index (χ0v) is 14.0. The summed E-state index contributed by atoms with van der Waals surface area (Å²) in [7, 11) is 0. The van der Waals surface area contributed by atoms with E-state index in [2.05, 4.69) is 66.3 Å². The maximum atomic E-state index is 6.00. The van der Waals surface area contributed by atoms with Crippen LogP contribution >= 0.6 is 0 Å². The van der Waals surface area contributed by atoms with E-state index in [-0.39, 0.29) is 5.41 Å². The van der Waals surface area contributed by atoms with Crippen molar-refractivity contribution in [1.82, 2.24) is 0 Å². The first-order valence-corrected chi connectivity index (χ1v) is 7.63. The van der Waals surface area contributed by atoms with Gasteiger partial charge < -0.3 is 4.74 Å². The minimum atomic E-state index is 0.0935. The van der Waals surface area contributed by atoms with Gasteiger partial charge in [0.2, 0.25) is 0 Å². The Hall–Kier alpha value is -1.24. The molecular weight excluding hydrogens is 244 g/mol. The van der Waals surface area contributed by atoms with Crippen LogP contribution < -0.4 is 4.74 Å². The topological polar surface area (TPSA) is 9.23 Å². The standard InChI is InChI=1S/C19H30O/c1-8-9-15(4)16-10-11-18(20-13-14(2)3)17(12-16)19(5,6)7/h8,10-12,14-15H,1,9,13H2,2-7H3. The van der Waals surface area contributed by atoms with Gasteiger partial charge in [0.25, 0.3) is 0 Å². The largest absolute Gasteiger partial charge is 0.493 e. The molecule has 1 aromatic rings. The van der Waals surface area contributed by atoms with Crippen LogP contribution in [-0.2, 0) is 5.41 Å². The Morgan fingerprint density at radius 1 is 1.20 bits per heavy atom. The van der Waals surface area contributed by atoms with Crippen LogP contribution in [0.25, 0.3) is 0 Å². The summed E-state index contributed by atoms with van der Waals surface area (Å²) in [5.41, 5.74) is 2.76. The van der Waals surface area contributed by atoms with Gasteiger partial charge >= 0.3 is 0 Å². The van der Waals surface area contributed by atoms with Gasteiger partial charge in [0, 0.05) is 0 Å². The molecule has 0 aliphatic rings. The van der Waals surface area contributed by atoms with Gasteiger partial charge in [-0.2, -0.15) is 0 Å². The van der Waals surface area contributed by atoms with Gasteiger partial charge in [0.15, 0.2) is 0 Å². The molecule has 0 aromatic heterocycles. The van der Waals surface area contributed by atoms with Gasteiger partial charge in [-0.05, 0) is 40.9 Å². The maximum Gasteiger partial charge on any atom is 0.123 e. The zero-order valence-electron chi connectivity index (χ0n) is 14.0. The van der Waals surface area contributed by atoms with Gasteiger partial charge in [-0.25, -0.2) is 0 Å². The normalized spacial score (nSPS) is 13.3. The van der Waals surface area contributed by atoms with Crippen molar-refractivity contribution < 1.29 is 4.74 Å². The van der Waals surface area contributed by atoms with Gasteiger partial charge in [0.05, 0.1) is 6.61 Å². The average molecular weight is 274 g/mol. The molecule has 112 valence electrons. The predicted octanol–water partition coefficient (Wildman–Crippen LogP) is 5.70. The van der Waals surface area contributed by atoms with E-state index in [1.165, 1.54) is 11.1 Å². The van der Waals surface area contributed by atoms with Gasteiger partial charge in [0.1, 0.15) is 5.75 Å². The van der Waals surface area contributed by atoms with E-state index < -0.39 is 0 Å². The Labute approximate surface area is 125 Å². The molecule has 20 heavy (non-hydrogen) atoms. The van der Waals surface area contributed by atoms with Crippen molar-refractivity contribution in [2.75, 3.05) is 6.61 Å². The van der Waals surface area contributed by atoms with Crippen LogP contribution in [0.4, 0.5) is 0 Å². The average Bonchev–Trinajstić information content (AvgIpc) is 2.35. The molecule has 1 nitrogen and oxygen atoms in total. The molecule has 1 heteroatoms. The summed E-state index contributed by atoms with van der Waals surface area (Å²) in [4.78, 5) is 0. The summed E-state index contributed by atoms with van der Waals surface area (Å²) >= 11 is 0. The number of hydrogen-bond acceptors (Lipinski definition) is 1. The SMILES string of the molecule is C=CCC(C)c1ccc(OCC(C)C)c(C(C)(C)C)c1. The number of allylic oxidation sites excluding steroid dienone is 1. The molecule has 0 aliphatic carbocycles. The third kappa shape index (κ3) is 4.70. The van der Waals surface area contributed by atoms with Crippen LogP contribution in [0.3, 0.4) is 0 Å². The smallest absolute Gasteiger partial charge is 0.123 e. The Morgan fingerprint density at radius 2 is 1.85 bits per heavy atom. The molecule has 1 atom stereocenters. The fourth-order valence-corrected chi connectivity index (χ4v) is 2.21. The third-order valence-corrected chi connectivity index (χ3v) is 3.47. The van der Waals surface area contributed by atoms with Crippen LogP contribution in [0.1, 0.15) is 65.0 Å². The molecule has 0 heterocycles. The van der Waals surface area contributed by atoms with Gasteiger partial charge in [-0.1, -0.05) is 59.8 Å². The van der Waals surface area contributed by atoms with Crippen molar-refractivity contribution in [2.45, 2.75) is 59.3 Å². The quantitative estimate of drug-likeness (QED) is 0.605. The first-order valence-electron chi connectivity index (χ1n) is 7.63. The van der Waals surface area contributed by atoms with Crippen molar-refractivity contribution in [3.05, 3.63) is 42.0 Å². The first-order chi connectivity index (χ1) is 9.25. The van der Waals surface area contributed by atoms with E-state index in [1.807, 2.05) is 6.08 Å². The van der Waals surface area contributed by atoms with E-state index in [0.29, 0.717) is 11.8 Å². The highest BCUT2D eigenvalue weighted by Gasteiger charge is 2.20. The summed E-state index contributed by atoms with van der Waals surface area (Å²) in [6, 6.07) is 6.64. The first kappa shape index (κ1) is 16.8. The number of hydrogen-bond donors (Lipinski definition) is 0. The number of ether oxygens (including phenoxy) is 1. The van der Waals surface area contributed by atoms with E-state index >= 15 is 0 Å². The van der Waals surface area contributed by atoms with Crippen LogP contribution in [-0.4, -0.2) is 6.61 Å². The molecule has 1 unspecified atom stereocenters. The van der Waals surface area contributed by atoms with Crippen LogP contribution in [0, 0.1) is 5.92 Å². The van der Waals surface area contributed by atoms with Gasteiger partial charge in [-0.3, -0.25) is 0 Å². The molecule has 0 spiro atoms. The summed E-state index contributed by atoms with van der Waals surface area (Å²) < 4.78 is 6.00. The summed E-state index contributed by atoms with van der Waals surface area (Å²) in [6.07, 6.45) is 3.00.